The predicted octanol–water partition coefficient (Wildman–Crippen LogP) is 5.41. The summed E-state index contributed by atoms with van der Waals surface area (Å²) in [5.74, 6) is -1.16. The number of hydrogen-bond donors (Lipinski definition) is 3. The monoisotopic (exact) mass is 456 g/mol. The lowest BCUT2D eigenvalue weighted by molar-refractivity contribution is -0.147. The Bertz CT molecular complexity index is 540. The summed E-state index contributed by atoms with van der Waals surface area (Å²) in [6.45, 7) is 12.2. The second kappa shape index (κ2) is 13.4. The zero-order chi connectivity index (χ0) is 24.4. The van der Waals surface area contributed by atoms with Crippen LogP contribution in [0.2, 0.25) is 0 Å². The molecular weight excluding hydrogens is 408 g/mol. The van der Waals surface area contributed by atoms with Crippen molar-refractivity contribution in [2.24, 2.45) is 0 Å². The van der Waals surface area contributed by atoms with E-state index >= 15 is 0 Å². The van der Waals surface area contributed by atoms with E-state index in [2.05, 4.69) is 10.6 Å². The first-order chi connectivity index (χ1) is 14.8. The van der Waals surface area contributed by atoms with Gasteiger partial charge in [-0.05, 0) is 74.1 Å². The smallest absolute Gasteiger partial charge is 0.408 e. The molecule has 2 atom stereocenters. The molecule has 2 saturated carbocycles. The number of carbonyl (C=O) groups is 2. The summed E-state index contributed by atoms with van der Waals surface area (Å²) in [7, 11) is 0. The highest BCUT2D eigenvalue weighted by atomic mass is 16.6. The SMILES string of the molecule is C1CCC(NC2CCCCC2)CC1.CC(OC(C)(C)C)C(NC(=O)OC(C)(C)C)C(=O)O. The molecule has 1 amide bonds. The Hall–Kier alpha value is -1.34. The topological polar surface area (TPSA) is 96.9 Å². The van der Waals surface area contributed by atoms with E-state index in [1.54, 1.807) is 27.7 Å². The van der Waals surface area contributed by atoms with E-state index in [1.807, 2.05) is 20.8 Å². The summed E-state index contributed by atoms with van der Waals surface area (Å²) in [4.78, 5) is 22.8. The van der Waals surface area contributed by atoms with Gasteiger partial charge in [-0.1, -0.05) is 38.5 Å². The van der Waals surface area contributed by atoms with Gasteiger partial charge in [0.2, 0.25) is 0 Å². The minimum absolute atomic E-state index is 0.497. The van der Waals surface area contributed by atoms with Crippen molar-refractivity contribution in [3.05, 3.63) is 0 Å². The molecule has 2 unspecified atom stereocenters. The van der Waals surface area contributed by atoms with Gasteiger partial charge in [-0.2, -0.15) is 0 Å². The second-order valence-corrected chi connectivity index (χ2v) is 11.2. The maximum Gasteiger partial charge on any atom is 0.408 e. The average molecular weight is 457 g/mol. The van der Waals surface area contributed by atoms with Crippen molar-refractivity contribution >= 4 is 12.1 Å². The largest absolute Gasteiger partial charge is 0.480 e. The van der Waals surface area contributed by atoms with Crippen LogP contribution in [0.25, 0.3) is 0 Å². The van der Waals surface area contributed by atoms with Gasteiger partial charge in [0.15, 0.2) is 6.04 Å². The first-order valence-corrected chi connectivity index (χ1v) is 12.4. The van der Waals surface area contributed by atoms with E-state index < -0.39 is 35.4 Å². The van der Waals surface area contributed by atoms with Gasteiger partial charge in [-0.3, -0.25) is 0 Å². The third-order valence-corrected chi connectivity index (χ3v) is 5.63. The van der Waals surface area contributed by atoms with Crippen molar-refractivity contribution in [2.75, 3.05) is 0 Å². The molecule has 2 fully saturated rings. The Morgan fingerprint density at radius 2 is 1.25 bits per heavy atom. The van der Waals surface area contributed by atoms with Crippen LogP contribution >= 0.6 is 0 Å². The van der Waals surface area contributed by atoms with Crippen molar-refractivity contribution in [1.82, 2.24) is 10.6 Å². The fourth-order valence-corrected chi connectivity index (χ4v) is 4.31. The van der Waals surface area contributed by atoms with Crippen molar-refractivity contribution in [3.8, 4) is 0 Å². The minimum Gasteiger partial charge on any atom is -0.480 e. The van der Waals surface area contributed by atoms with E-state index in [1.165, 1.54) is 64.2 Å². The van der Waals surface area contributed by atoms with Crippen LogP contribution in [-0.2, 0) is 14.3 Å². The van der Waals surface area contributed by atoms with E-state index in [0.717, 1.165) is 12.1 Å². The van der Waals surface area contributed by atoms with Crippen LogP contribution in [0.15, 0.2) is 0 Å². The van der Waals surface area contributed by atoms with Crippen molar-refractivity contribution < 1.29 is 24.2 Å². The van der Waals surface area contributed by atoms with Gasteiger partial charge >= 0.3 is 12.1 Å². The molecule has 0 aromatic heterocycles. The quantitative estimate of drug-likeness (QED) is 0.494. The molecule has 0 bridgehead atoms. The van der Waals surface area contributed by atoms with Crippen LogP contribution in [0, 0.1) is 0 Å². The van der Waals surface area contributed by atoms with Gasteiger partial charge in [0.05, 0.1) is 11.7 Å². The lowest BCUT2D eigenvalue weighted by Gasteiger charge is -2.30. The number of aliphatic carboxylic acids is 1. The normalized spacial score (nSPS) is 20.5. The molecular formula is C25H48N2O5. The Labute approximate surface area is 195 Å². The summed E-state index contributed by atoms with van der Waals surface area (Å²) in [5.41, 5.74) is -1.18. The Kier molecular flexibility index (Phi) is 12.0. The number of ether oxygens (including phenoxy) is 2. The Morgan fingerprint density at radius 3 is 1.59 bits per heavy atom. The maximum atomic E-state index is 11.6. The number of amides is 1. The van der Waals surface area contributed by atoms with Crippen molar-refractivity contribution in [1.29, 1.82) is 0 Å². The third kappa shape index (κ3) is 13.3. The number of carboxylic acids is 1. The molecule has 32 heavy (non-hydrogen) atoms. The molecule has 0 aliphatic heterocycles. The highest BCUT2D eigenvalue weighted by Crippen LogP contribution is 2.22. The van der Waals surface area contributed by atoms with Gasteiger partial charge in [-0.15, -0.1) is 0 Å². The fourth-order valence-electron chi connectivity index (χ4n) is 4.31. The van der Waals surface area contributed by atoms with Gasteiger partial charge in [0.1, 0.15) is 5.60 Å². The van der Waals surface area contributed by atoms with Crippen LogP contribution in [0.5, 0.6) is 0 Å². The number of nitrogens with one attached hydrogen (secondary N) is 2. The van der Waals surface area contributed by atoms with Gasteiger partial charge in [-0.25, -0.2) is 9.59 Å². The van der Waals surface area contributed by atoms with Crippen molar-refractivity contribution in [2.45, 2.75) is 148 Å². The number of carbonyl (C=O) groups excluding carboxylic acids is 1. The Balaban J connectivity index is 0.000000339. The third-order valence-electron chi connectivity index (χ3n) is 5.63. The molecule has 7 heteroatoms. The molecule has 0 saturated heterocycles. The minimum atomic E-state index is -1.16. The average Bonchev–Trinajstić information content (AvgIpc) is 2.65. The van der Waals surface area contributed by atoms with E-state index in [9.17, 15) is 9.59 Å². The summed E-state index contributed by atoms with van der Waals surface area (Å²) in [6.07, 6.45) is 13.1. The number of hydrogen-bond acceptors (Lipinski definition) is 5. The predicted molar refractivity (Wildman–Crippen MR) is 128 cm³/mol. The lowest BCUT2D eigenvalue weighted by atomic mass is 9.91. The van der Waals surface area contributed by atoms with Gasteiger partial charge in [0.25, 0.3) is 0 Å². The summed E-state index contributed by atoms with van der Waals surface area (Å²) in [6, 6.07) is 0.586. The molecule has 3 N–H and O–H groups in total. The highest BCUT2D eigenvalue weighted by Gasteiger charge is 2.31. The van der Waals surface area contributed by atoms with Crippen LogP contribution < -0.4 is 10.6 Å². The number of carboxylic acid groups (broad SMARTS) is 1. The molecule has 0 heterocycles. The van der Waals surface area contributed by atoms with Crippen LogP contribution in [0.4, 0.5) is 4.79 Å². The van der Waals surface area contributed by atoms with Crippen LogP contribution in [0.3, 0.4) is 0 Å². The first kappa shape index (κ1) is 28.7. The highest BCUT2D eigenvalue weighted by molar-refractivity contribution is 5.80. The number of alkyl carbamates (subject to hydrolysis) is 1. The van der Waals surface area contributed by atoms with Crippen molar-refractivity contribution in [3.63, 3.8) is 0 Å². The standard InChI is InChI=1S/C13H25NO5.C12H23N/c1-8(18-12(2,3)4)9(10(15)16)14-11(17)19-13(5,6)7;1-3-7-11(8-4-1)13-12-9-5-2-6-10-12/h8-9H,1-7H3,(H,14,17)(H,15,16);11-13H,1-10H2. The van der Waals surface area contributed by atoms with E-state index in [0.29, 0.717) is 0 Å². The lowest BCUT2D eigenvalue weighted by Crippen LogP contribution is -2.51. The molecule has 2 rings (SSSR count). The first-order valence-electron chi connectivity index (χ1n) is 12.4. The van der Waals surface area contributed by atoms with E-state index in [4.69, 9.17) is 14.6 Å². The molecule has 0 aromatic carbocycles. The van der Waals surface area contributed by atoms with Gasteiger partial charge in [0, 0.05) is 12.1 Å². The maximum absolute atomic E-state index is 11.6. The van der Waals surface area contributed by atoms with Crippen LogP contribution in [0.1, 0.15) is 113 Å². The molecule has 2 aliphatic carbocycles. The summed E-state index contributed by atoms with van der Waals surface area (Å²) < 4.78 is 10.6. The molecule has 0 aromatic rings. The Morgan fingerprint density at radius 1 is 0.812 bits per heavy atom. The second-order valence-electron chi connectivity index (χ2n) is 11.2. The molecule has 7 nitrogen and oxygen atoms in total. The summed E-state index contributed by atoms with van der Waals surface area (Å²) >= 11 is 0. The molecule has 0 spiro atoms. The molecule has 2 aliphatic rings. The molecule has 188 valence electrons. The van der Waals surface area contributed by atoms with Crippen LogP contribution in [-0.4, -0.2) is 52.6 Å². The zero-order valence-electron chi connectivity index (χ0n) is 21.5. The van der Waals surface area contributed by atoms with Gasteiger partial charge < -0.3 is 25.2 Å². The fraction of sp³-hybridized carbons (Fsp3) is 0.920. The zero-order valence-corrected chi connectivity index (χ0v) is 21.5. The van der Waals surface area contributed by atoms with E-state index in [-0.39, 0.29) is 0 Å². The summed E-state index contributed by atoms with van der Waals surface area (Å²) in [5, 5.41) is 15.3. The molecule has 0 radical (unpaired) electrons. The number of rotatable bonds is 6.